The van der Waals surface area contributed by atoms with Crippen LogP contribution in [-0.2, 0) is 7.05 Å². The Morgan fingerprint density at radius 3 is 2.59 bits per heavy atom. The smallest absolute Gasteiger partial charge is 0.279 e. The summed E-state index contributed by atoms with van der Waals surface area (Å²) in [5.41, 5.74) is 4.12. The summed E-state index contributed by atoms with van der Waals surface area (Å²) in [7, 11) is 1.96. The van der Waals surface area contributed by atoms with Crippen molar-refractivity contribution in [2.75, 3.05) is 6.61 Å². The Kier molecular flexibility index (Phi) is 6.11. The van der Waals surface area contributed by atoms with Crippen LogP contribution in [-0.4, -0.2) is 17.1 Å². The molecule has 142 valence electrons. The fourth-order valence-corrected chi connectivity index (χ4v) is 4.37. The van der Waals surface area contributed by atoms with Gasteiger partial charge in [0.25, 0.3) is 5.91 Å². The quantitative estimate of drug-likeness (QED) is 0.552. The summed E-state index contributed by atoms with van der Waals surface area (Å²) < 4.78 is 8.85. The lowest BCUT2D eigenvalue weighted by Gasteiger charge is -2.05. The molecule has 0 saturated heterocycles. The summed E-state index contributed by atoms with van der Waals surface area (Å²) in [5, 5.41) is 0. The van der Waals surface area contributed by atoms with Crippen molar-refractivity contribution in [2.24, 2.45) is 12.0 Å². The van der Waals surface area contributed by atoms with E-state index in [0.29, 0.717) is 17.0 Å². The minimum atomic E-state index is -0.232. The summed E-state index contributed by atoms with van der Waals surface area (Å²) in [6.07, 6.45) is 3.39. The van der Waals surface area contributed by atoms with Gasteiger partial charge in [0.1, 0.15) is 5.75 Å². The minimum absolute atomic E-state index is 0.232. The van der Waals surface area contributed by atoms with Crippen LogP contribution in [0.4, 0.5) is 0 Å². The molecule has 0 bridgehead atoms. The van der Waals surface area contributed by atoms with Gasteiger partial charge in [-0.05, 0) is 61.7 Å². The Labute approximate surface area is 164 Å². The summed E-state index contributed by atoms with van der Waals surface area (Å²) in [6.45, 7) is 7.05. The normalized spacial score (nSPS) is 11.9. The van der Waals surface area contributed by atoms with Gasteiger partial charge in [-0.3, -0.25) is 4.79 Å². The van der Waals surface area contributed by atoms with Crippen LogP contribution in [0.15, 0.2) is 41.4 Å². The highest BCUT2D eigenvalue weighted by atomic mass is 32.1. The summed E-state index contributed by atoms with van der Waals surface area (Å²) in [5.74, 6) is 0.560. The molecule has 0 N–H and O–H groups in total. The van der Waals surface area contributed by atoms with Crippen LogP contribution in [0.25, 0.3) is 10.2 Å². The zero-order valence-corrected chi connectivity index (χ0v) is 17.2. The number of aryl methyl sites for hydroxylation is 3. The van der Waals surface area contributed by atoms with Crippen molar-refractivity contribution in [2.45, 2.75) is 40.0 Å². The summed E-state index contributed by atoms with van der Waals surface area (Å²) in [6, 6.07) is 11.5. The fourth-order valence-electron chi connectivity index (χ4n) is 3.18. The van der Waals surface area contributed by atoms with E-state index in [1.165, 1.54) is 24.0 Å². The molecule has 4 nitrogen and oxygen atoms in total. The molecule has 2 aromatic carbocycles. The largest absolute Gasteiger partial charge is 0.494 e. The lowest BCUT2D eigenvalue weighted by atomic mass is 10.1. The van der Waals surface area contributed by atoms with Crippen molar-refractivity contribution < 1.29 is 9.53 Å². The zero-order valence-electron chi connectivity index (χ0n) is 16.4. The molecule has 0 unspecified atom stereocenters. The third kappa shape index (κ3) is 4.48. The van der Waals surface area contributed by atoms with Gasteiger partial charge in [-0.2, -0.15) is 4.99 Å². The molecule has 1 heterocycles. The number of rotatable bonds is 6. The molecule has 0 aliphatic carbocycles. The summed E-state index contributed by atoms with van der Waals surface area (Å²) in [4.78, 5) is 17.7. The van der Waals surface area contributed by atoms with Gasteiger partial charge in [0.15, 0.2) is 4.80 Å². The van der Waals surface area contributed by atoms with Gasteiger partial charge in [-0.25, -0.2) is 0 Å². The third-order valence-corrected chi connectivity index (χ3v) is 5.63. The second-order valence-electron chi connectivity index (χ2n) is 6.87. The molecule has 3 aromatic rings. The van der Waals surface area contributed by atoms with Crippen LogP contribution in [0.5, 0.6) is 5.75 Å². The van der Waals surface area contributed by atoms with E-state index in [2.05, 4.69) is 37.9 Å². The van der Waals surface area contributed by atoms with E-state index in [9.17, 15) is 4.79 Å². The van der Waals surface area contributed by atoms with Gasteiger partial charge in [0, 0.05) is 12.6 Å². The first-order valence-corrected chi connectivity index (χ1v) is 10.2. The van der Waals surface area contributed by atoms with Gasteiger partial charge < -0.3 is 9.30 Å². The zero-order chi connectivity index (χ0) is 19.4. The van der Waals surface area contributed by atoms with Gasteiger partial charge >= 0.3 is 0 Å². The average Bonchev–Trinajstić information content (AvgIpc) is 2.94. The topological polar surface area (TPSA) is 43.6 Å². The van der Waals surface area contributed by atoms with Crippen LogP contribution in [0.1, 0.15) is 47.7 Å². The third-order valence-electron chi connectivity index (χ3n) is 4.55. The highest BCUT2D eigenvalue weighted by Gasteiger charge is 2.09. The number of nitrogens with zero attached hydrogens (tertiary/aromatic N) is 2. The van der Waals surface area contributed by atoms with Gasteiger partial charge in [-0.15, -0.1) is 0 Å². The number of unbranched alkanes of at least 4 members (excludes halogenated alkanes) is 2. The molecule has 0 saturated carbocycles. The van der Waals surface area contributed by atoms with E-state index in [4.69, 9.17) is 4.74 Å². The molecule has 0 atom stereocenters. The average molecular weight is 383 g/mol. The van der Waals surface area contributed by atoms with E-state index >= 15 is 0 Å². The molecule has 0 fully saturated rings. The van der Waals surface area contributed by atoms with Crippen molar-refractivity contribution >= 4 is 27.5 Å². The van der Waals surface area contributed by atoms with Crippen LogP contribution in [0.3, 0.4) is 0 Å². The van der Waals surface area contributed by atoms with Gasteiger partial charge in [0.2, 0.25) is 0 Å². The van der Waals surface area contributed by atoms with Crippen molar-refractivity contribution in [3.8, 4) is 5.75 Å². The van der Waals surface area contributed by atoms with E-state index < -0.39 is 0 Å². The molecule has 0 aliphatic heterocycles. The van der Waals surface area contributed by atoms with Crippen LogP contribution < -0.4 is 9.54 Å². The second-order valence-corrected chi connectivity index (χ2v) is 7.88. The predicted octanol–water partition coefficient (Wildman–Crippen LogP) is 5.17. The van der Waals surface area contributed by atoms with Crippen molar-refractivity contribution in [1.82, 2.24) is 4.57 Å². The van der Waals surface area contributed by atoms with Crippen molar-refractivity contribution in [1.29, 1.82) is 0 Å². The minimum Gasteiger partial charge on any atom is -0.494 e. The Bertz CT molecular complexity index is 1010. The Hall–Kier alpha value is -2.40. The molecule has 0 aliphatic rings. The Balaban J connectivity index is 1.81. The molecule has 1 amide bonds. The van der Waals surface area contributed by atoms with E-state index in [-0.39, 0.29) is 5.91 Å². The van der Waals surface area contributed by atoms with Crippen LogP contribution in [0, 0.1) is 13.8 Å². The van der Waals surface area contributed by atoms with Crippen LogP contribution in [0.2, 0.25) is 0 Å². The molecular formula is C22H26N2O2S. The van der Waals surface area contributed by atoms with Crippen molar-refractivity contribution in [3.05, 3.63) is 57.9 Å². The second kappa shape index (κ2) is 8.53. The molecule has 0 radical (unpaired) electrons. The fraction of sp³-hybridized carbons (Fsp3) is 0.364. The molecule has 3 rings (SSSR count). The lowest BCUT2D eigenvalue weighted by Crippen LogP contribution is -2.13. The standard InChI is InChI=1S/C22H26N2O2S/c1-5-6-7-12-26-18-10-8-17(9-11-18)21(25)23-22-24(4)20-16(3)13-15(2)14-19(20)27-22/h8-11,13-14H,5-7,12H2,1-4H3. The monoisotopic (exact) mass is 382 g/mol. The first-order valence-electron chi connectivity index (χ1n) is 9.38. The highest BCUT2D eigenvalue weighted by molar-refractivity contribution is 7.16. The number of fused-ring (bicyclic) bond motifs is 1. The molecule has 1 aromatic heterocycles. The number of benzene rings is 2. The number of ether oxygens (including phenoxy) is 1. The number of hydrogen-bond donors (Lipinski definition) is 0. The number of hydrogen-bond acceptors (Lipinski definition) is 3. The Morgan fingerprint density at radius 2 is 1.89 bits per heavy atom. The SMILES string of the molecule is CCCCCOc1ccc(C(=O)N=c2sc3cc(C)cc(C)c3n2C)cc1. The van der Waals surface area contributed by atoms with E-state index in [0.717, 1.165) is 22.4 Å². The lowest BCUT2D eigenvalue weighted by molar-refractivity contribution is 0.0998. The summed E-state index contributed by atoms with van der Waals surface area (Å²) >= 11 is 1.54. The van der Waals surface area contributed by atoms with Gasteiger partial charge in [0.05, 0.1) is 16.8 Å². The first kappa shape index (κ1) is 19.4. The number of amides is 1. The molecule has 5 heteroatoms. The van der Waals surface area contributed by atoms with Crippen molar-refractivity contribution in [3.63, 3.8) is 0 Å². The predicted molar refractivity (Wildman–Crippen MR) is 112 cm³/mol. The molecule has 27 heavy (non-hydrogen) atoms. The molecule has 0 spiro atoms. The Morgan fingerprint density at radius 1 is 1.15 bits per heavy atom. The van der Waals surface area contributed by atoms with Gasteiger partial charge in [-0.1, -0.05) is 37.2 Å². The number of carbonyl (C=O) groups is 1. The van der Waals surface area contributed by atoms with E-state index in [1.54, 1.807) is 23.5 Å². The maximum Gasteiger partial charge on any atom is 0.279 e. The first-order chi connectivity index (χ1) is 13.0. The maximum atomic E-state index is 12.6. The number of carbonyl (C=O) groups excluding carboxylic acids is 1. The maximum absolute atomic E-state index is 12.6. The van der Waals surface area contributed by atoms with Crippen LogP contribution >= 0.6 is 11.3 Å². The number of thiazole rings is 1. The molecular weight excluding hydrogens is 356 g/mol. The van der Waals surface area contributed by atoms with E-state index in [1.807, 2.05) is 23.7 Å². The number of aromatic nitrogens is 1. The highest BCUT2D eigenvalue weighted by Crippen LogP contribution is 2.22.